The van der Waals surface area contributed by atoms with Gasteiger partial charge >= 0.3 is 0 Å². The van der Waals surface area contributed by atoms with Crippen molar-refractivity contribution in [1.29, 1.82) is 0 Å². The molecule has 6 nitrogen and oxygen atoms in total. The van der Waals surface area contributed by atoms with Gasteiger partial charge in [-0.25, -0.2) is 8.78 Å². The Kier molecular flexibility index (Phi) is 4.12. The van der Waals surface area contributed by atoms with Crippen molar-refractivity contribution in [2.45, 2.75) is 62.8 Å². The molecule has 0 bridgehead atoms. The fourth-order valence-electron chi connectivity index (χ4n) is 7.53. The van der Waals surface area contributed by atoms with Crippen molar-refractivity contribution >= 4 is 11.6 Å². The lowest BCUT2D eigenvalue weighted by molar-refractivity contribution is -0.226. The molecule has 0 radical (unpaired) electrons. The van der Waals surface area contributed by atoms with Crippen LogP contribution in [0.5, 0.6) is 0 Å². The van der Waals surface area contributed by atoms with Crippen molar-refractivity contribution in [3.05, 3.63) is 23.8 Å². The number of carbonyl (C=O) groups is 2. The van der Waals surface area contributed by atoms with Crippen molar-refractivity contribution in [2.75, 3.05) is 13.4 Å². The van der Waals surface area contributed by atoms with E-state index in [2.05, 4.69) is 0 Å². The van der Waals surface area contributed by atoms with E-state index in [0.717, 1.165) is 6.08 Å². The second-order valence-corrected chi connectivity index (χ2v) is 9.83. The van der Waals surface area contributed by atoms with Crippen LogP contribution in [-0.4, -0.2) is 64.8 Å². The predicted octanol–water partition coefficient (Wildman–Crippen LogP) is 1.59. The third-order valence-corrected chi connectivity index (χ3v) is 8.90. The monoisotopic (exact) mass is 424 g/mol. The molecule has 164 valence electrons. The van der Waals surface area contributed by atoms with E-state index in [1.165, 1.54) is 19.1 Å². The van der Waals surface area contributed by atoms with Gasteiger partial charge in [-0.1, -0.05) is 13.0 Å². The van der Waals surface area contributed by atoms with Crippen LogP contribution in [0.2, 0.25) is 0 Å². The van der Waals surface area contributed by atoms with Crippen LogP contribution in [-0.2, 0) is 19.1 Å². The molecule has 9 atom stereocenters. The average molecular weight is 424 g/mol. The lowest BCUT2D eigenvalue weighted by atomic mass is 9.44. The molecular formula is C22H26F2O6. The first-order valence-electron chi connectivity index (χ1n) is 10.4. The summed E-state index contributed by atoms with van der Waals surface area (Å²) in [6.45, 7) is 2.40. The van der Waals surface area contributed by atoms with Crippen LogP contribution in [0.15, 0.2) is 23.8 Å². The van der Waals surface area contributed by atoms with E-state index < -0.39 is 70.5 Å². The predicted molar refractivity (Wildman–Crippen MR) is 99.7 cm³/mol. The van der Waals surface area contributed by atoms with E-state index in [9.17, 15) is 19.8 Å². The summed E-state index contributed by atoms with van der Waals surface area (Å²) in [7, 11) is 0. The highest BCUT2D eigenvalue weighted by Crippen LogP contribution is 2.71. The highest BCUT2D eigenvalue weighted by Gasteiger charge is 2.79. The normalized spacial score (nSPS) is 54.1. The van der Waals surface area contributed by atoms with Crippen LogP contribution < -0.4 is 0 Å². The number of ketones is 2. The number of ether oxygens (including phenoxy) is 2. The number of halogens is 2. The number of allylic oxidation sites excluding steroid dienone is 4. The zero-order chi connectivity index (χ0) is 21.7. The number of aliphatic hydroxyl groups is 2. The Morgan fingerprint density at radius 3 is 2.73 bits per heavy atom. The second-order valence-electron chi connectivity index (χ2n) is 9.83. The molecule has 0 spiro atoms. The third kappa shape index (κ3) is 2.02. The van der Waals surface area contributed by atoms with Crippen molar-refractivity contribution < 1.29 is 38.1 Å². The fraction of sp³-hybridized carbons (Fsp3) is 0.727. The number of fused-ring (bicyclic) bond motifs is 7. The smallest absolute Gasteiger partial charge is 0.193 e. The molecule has 8 heteroatoms. The van der Waals surface area contributed by atoms with Crippen LogP contribution in [0.4, 0.5) is 8.78 Å². The highest BCUT2D eigenvalue weighted by atomic mass is 19.1. The zero-order valence-corrected chi connectivity index (χ0v) is 16.9. The van der Waals surface area contributed by atoms with Gasteiger partial charge in [-0.05, 0) is 49.8 Å². The minimum atomic E-state index is -2.22. The lowest BCUT2D eigenvalue weighted by Gasteiger charge is -2.63. The molecule has 0 aromatic heterocycles. The van der Waals surface area contributed by atoms with E-state index in [1.54, 1.807) is 6.92 Å². The van der Waals surface area contributed by atoms with Gasteiger partial charge in [0.2, 0.25) is 0 Å². The minimum Gasteiger partial charge on any atom is -0.390 e. The van der Waals surface area contributed by atoms with Gasteiger partial charge in [-0.2, -0.15) is 0 Å². The number of hydrogen-bond acceptors (Lipinski definition) is 6. The van der Waals surface area contributed by atoms with E-state index in [4.69, 9.17) is 9.47 Å². The molecule has 1 saturated heterocycles. The molecule has 1 heterocycles. The van der Waals surface area contributed by atoms with Crippen molar-refractivity contribution in [3.63, 3.8) is 0 Å². The van der Waals surface area contributed by atoms with E-state index in [-0.39, 0.29) is 31.6 Å². The van der Waals surface area contributed by atoms with Gasteiger partial charge in [0.1, 0.15) is 19.6 Å². The van der Waals surface area contributed by atoms with Crippen molar-refractivity contribution in [3.8, 4) is 0 Å². The molecule has 3 saturated carbocycles. The highest BCUT2D eigenvalue weighted by molar-refractivity contribution is 6.01. The van der Waals surface area contributed by atoms with Gasteiger partial charge in [-0.15, -0.1) is 0 Å². The Hall–Kier alpha value is -1.48. The summed E-state index contributed by atoms with van der Waals surface area (Å²) in [6, 6.07) is 0. The quantitative estimate of drug-likeness (QED) is 0.700. The van der Waals surface area contributed by atoms with Gasteiger partial charge in [0.15, 0.2) is 22.8 Å². The molecular weight excluding hydrogens is 398 g/mol. The van der Waals surface area contributed by atoms with Crippen LogP contribution in [0.1, 0.15) is 33.1 Å². The van der Waals surface area contributed by atoms with E-state index >= 15 is 8.78 Å². The topological polar surface area (TPSA) is 93.1 Å². The molecule has 1 aliphatic heterocycles. The van der Waals surface area contributed by atoms with Crippen LogP contribution in [0.3, 0.4) is 0 Å². The van der Waals surface area contributed by atoms with Gasteiger partial charge in [-0.3, -0.25) is 9.59 Å². The maximum Gasteiger partial charge on any atom is 0.193 e. The first kappa shape index (κ1) is 20.4. The molecule has 0 aromatic rings. The van der Waals surface area contributed by atoms with E-state index in [0.29, 0.717) is 0 Å². The Labute approximate surface area is 172 Å². The molecule has 4 fully saturated rings. The summed E-state index contributed by atoms with van der Waals surface area (Å²) in [5.41, 5.74) is -6.15. The van der Waals surface area contributed by atoms with Crippen molar-refractivity contribution in [2.24, 2.45) is 22.7 Å². The summed E-state index contributed by atoms with van der Waals surface area (Å²) in [5, 5.41) is 20.8. The van der Waals surface area contributed by atoms with Gasteiger partial charge in [0.25, 0.3) is 0 Å². The Morgan fingerprint density at radius 1 is 1.30 bits per heavy atom. The van der Waals surface area contributed by atoms with Gasteiger partial charge in [0.05, 0.1) is 12.2 Å². The molecule has 30 heavy (non-hydrogen) atoms. The molecule has 2 N–H and O–H groups in total. The molecule has 0 amide bonds. The standard InChI is InChI=1S/C22H26F2O6/c1-19-4-3-11(26)5-14(19)15(23)6-13-12-7-18-22(17(28)9-25,30-10-29-18)20(12,2)8-16(27)21(13,19)24/h3-5,12-13,15-16,18,25,27H,6-10H2,1-2H3/t12-,13-,15-,16-,18+,19-,20-,21-,22+/m0/s1. The average Bonchev–Trinajstić information content (AvgIpc) is 3.23. The number of Topliss-reactive ketones (excluding diaryl/α,β-unsaturated/α-hetero) is 1. The Balaban J connectivity index is 1.66. The molecule has 0 unspecified atom stereocenters. The van der Waals surface area contributed by atoms with Crippen LogP contribution in [0, 0.1) is 22.7 Å². The first-order chi connectivity index (χ1) is 14.1. The minimum absolute atomic E-state index is 0.0586. The van der Waals surface area contributed by atoms with Crippen LogP contribution >= 0.6 is 0 Å². The summed E-state index contributed by atoms with van der Waals surface area (Å²) in [5.74, 6) is -2.38. The molecule has 0 aromatic carbocycles. The lowest BCUT2D eigenvalue weighted by Crippen LogP contribution is -2.70. The number of alkyl halides is 2. The zero-order valence-electron chi connectivity index (χ0n) is 16.9. The number of aliphatic hydroxyl groups excluding tert-OH is 2. The summed E-state index contributed by atoms with van der Waals surface area (Å²) in [6.07, 6.45) is -0.0182. The largest absolute Gasteiger partial charge is 0.390 e. The molecule has 4 aliphatic carbocycles. The SMILES string of the molecule is C[C@]12C=CC(=O)C=C1[C@@H](F)C[C@H]1[C@@H]3C[C@H]4OCO[C@@]4(C(=O)CO)[C@@]3(C)C[C@H](O)[C@@]12F. The maximum atomic E-state index is 17.0. The summed E-state index contributed by atoms with van der Waals surface area (Å²) < 4.78 is 43.8. The van der Waals surface area contributed by atoms with Crippen LogP contribution in [0.25, 0.3) is 0 Å². The van der Waals surface area contributed by atoms with E-state index in [1.807, 2.05) is 0 Å². The fourth-order valence-corrected chi connectivity index (χ4v) is 7.53. The third-order valence-electron chi connectivity index (χ3n) is 8.90. The van der Waals surface area contributed by atoms with Gasteiger partial charge in [0, 0.05) is 16.7 Å². The second kappa shape index (κ2) is 6.06. The summed E-state index contributed by atoms with van der Waals surface area (Å²) in [4.78, 5) is 24.7. The first-order valence-corrected chi connectivity index (χ1v) is 10.4. The number of carbonyl (C=O) groups excluding carboxylic acids is 2. The summed E-state index contributed by atoms with van der Waals surface area (Å²) >= 11 is 0. The van der Waals surface area contributed by atoms with Crippen molar-refractivity contribution in [1.82, 2.24) is 0 Å². The molecule has 5 aliphatic rings. The number of rotatable bonds is 2. The Morgan fingerprint density at radius 2 is 2.03 bits per heavy atom. The Bertz CT molecular complexity index is 887. The maximum absolute atomic E-state index is 17.0. The van der Waals surface area contributed by atoms with Gasteiger partial charge < -0.3 is 19.7 Å². The molecule has 5 rings (SSSR count). The number of hydrogen-bond donors (Lipinski definition) is 2.